The van der Waals surface area contributed by atoms with Gasteiger partial charge in [0.2, 0.25) is 5.91 Å². The summed E-state index contributed by atoms with van der Waals surface area (Å²) in [6.45, 7) is 3.41. The molecule has 2 fully saturated rings. The number of sulfone groups is 1. The average Bonchev–Trinajstić information content (AvgIpc) is 2.76. The van der Waals surface area contributed by atoms with Gasteiger partial charge in [-0.2, -0.15) is 0 Å². The molecule has 2 aromatic carbocycles. The Morgan fingerprint density at radius 3 is 2.07 bits per heavy atom. The number of carbonyl (C=O) groups is 1. The molecule has 2 aliphatic rings. The second-order valence-corrected chi connectivity index (χ2v) is 10.5. The number of anilines is 1. The predicted octanol–water partition coefficient (Wildman–Crippen LogP) is 2.46. The zero-order valence-corrected chi connectivity index (χ0v) is 18.4. The Hall–Kier alpha value is -2.09. The smallest absolute Gasteiger partial charge is 0.244 e. The van der Waals surface area contributed by atoms with E-state index in [4.69, 9.17) is 11.6 Å². The van der Waals surface area contributed by atoms with Crippen molar-refractivity contribution in [3.05, 3.63) is 65.2 Å². The van der Waals surface area contributed by atoms with Gasteiger partial charge in [-0.05, 0) is 17.7 Å². The van der Waals surface area contributed by atoms with Crippen molar-refractivity contribution < 1.29 is 13.2 Å². The third-order valence-corrected chi connectivity index (χ3v) is 7.81. The van der Waals surface area contributed by atoms with Crippen molar-refractivity contribution in [1.29, 1.82) is 0 Å². The Bertz CT molecular complexity index is 978. The van der Waals surface area contributed by atoms with Crippen LogP contribution in [0.2, 0.25) is 5.02 Å². The maximum Gasteiger partial charge on any atom is 0.244 e. The number of rotatable bonds is 4. The quantitative estimate of drug-likeness (QED) is 0.720. The lowest BCUT2D eigenvalue weighted by Crippen LogP contribution is -2.54. The summed E-state index contributed by atoms with van der Waals surface area (Å²) in [6, 6.07) is 17.0. The molecule has 0 aromatic heterocycles. The minimum Gasteiger partial charge on any atom is -0.367 e. The van der Waals surface area contributed by atoms with E-state index in [2.05, 4.69) is 4.90 Å². The summed E-state index contributed by atoms with van der Waals surface area (Å²) in [5.74, 6) is 0.243. The molecule has 0 saturated carbocycles. The maximum absolute atomic E-state index is 13.6. The standard InChI is InChI=1S/C22H26ClN3O3S/c23-19-8-4-5-9-20(19)24-10-12-26(13-11-24)22(27)21(18-6-2-1-3-7-18)25-14-16-30(28,29)17-15-25/h1-9,21H,10-17H2. The van der Waals surface area contributed by atoms with E-state index in [1.165, 1.54) is 0 Å². The van der Waals surface area contributed by atoms with Gasteiger partial charge in [-0.3, -0.25) is 9.69 Å². The molecule has 30 heavy (non-hydrogen) atoms. The van der Waals surface area contributed by atoms with Gasteiger partial charge >= 0.3 is 0 Å². The normalized spacial score (nSPS) is 20.7. The Balaban J connectivity index is 1.49. The van der Waals surface area contributed by atoms with Crippen molar-refractivity contribution in [2.75, 3.05) is 55.7 Å². The molecular formula is C22H26ClN3O3S. The van der Waals surface area contributed by atoms with Crippen molar-refractivity contribution in [2.45, 2.75) is 6.04 Å². The molecule has 4 rings (SSSR count). The van der Waals surface area contributed by atoms with E-state index in [-0.39, 0.29) is 17.4 Å². The predicted molar refractivity (Wildman–Crippen MR) is 120 cm³/mol. The Labute approximate surface area is 182 Å². The third kappa shape index (κ3) is 4.63. The van der Waals surface area contributed by atoms with Crippen molar-refractivity contribution in [3.63, 3.8) is 0 Å². The van der Waals surface area contributed by atoms with E-state index < -0.39 is 15.9 Å². The lowest BCUT2D eigenvalue weighted by Gasteiger charge is -2.41. The molecule has 2 heterocycles. The van der Waals surface area contributed by atoms with Crippen LogP contribution >= 0.6 is 11.6 Å². The van der Waals surface area contributed by atoms with Crippen LogP contribution in [-0.2, 0) is 14.6 Å². The summed E-state index contributed by atoms with van der Waals surface area (Å²) in [5, 5.41) is 0.717. The minimum absolute atomic E-state index is 0.0410. The average molecular weight is 448 g/mol. The van der Waals surface area contributed by atoms with Gasteiger partial charge < -0.3 is 9.80 Å². The van der Waals surface area contributed by atoms with Gasteiger partial charge in [0.05, 0.1) is 22.2 Å². The highest BCUT2D eigenvalue weighted by Crippen LogP contribution is 2.28. The molecule has 6 nitrogen and oxygen atoms in total. The fraction of sp³-hybridized carbons (Fsp3) is 0.409. The van der Waals surface area contributed by atoms with Crippen molar-refractivity contribution in [1.82, 2.24) is 9.80 Å². The molecule has 0 spiro atoms. The fourth-order valence-electron chi connectivity index (χ4n) is 4.18. The maximum atomic E-state index is 13.6. The van der Waals surface area contributed by atoms with E-state index >= 15 is 0 Å². The van der Waals surface area contributed by atoms with Gasteiger partial charge in [0.1, 0.15) is 6.04 Å². The highest BCUT2D eigenvalue weighted by Gasteiger charge is 2.36. The van der Waals surface area contributed by atoms with Crippen LogP contribution in [0, 0.1) is 0 Å². The van der Waals surface area contributed by atoms with Crippen molar-refractivity contribution >= 4 is 33.0 Å². The molecule has 2 aromatic rings. The number of hydrogen-bond acceptors (Lipinski definition) is 5. The van der Waals surface area contributed by atoms with Gasteiger partial charge in [-0.25, -0.2) is 8.42 Å². The lowest BCUT2D eigenvalue weighted by molar-refractivity contribution is -0.137. The fourth-order valence-corrected chi connectivity index (χ4v) is 5.66. The van der Waals surface area contributed by atoms with Gasteiger partial charge in [0, 0.05) is 39.3 Å². The number of hydrogen-bond donors (Lipinski definition) is 0. The zero-order chi connectivity index (χ0) is 21.1. The molecular weight excluding hydrogens is 422 g/mol. The molecule has 2 aliphatic heterocycles. The molecule has 0 aliphatic carbocycles. The first-order valence-electron chi connectivity index (χ1n) is 10.2. The molecule has 0 bridgehead atoms. The molecule has 1 amide bonds. The van der Waals surface area contributed by atoms with Crippen LogP contribution in [0.15, 0.2) is 54.6 Å². The van der Waals surface area contributed by atoms with Crippen LogP contribution in [0.3, 0.4) is 0 Å². The van der Waals surface area contributed by atoms with Crippen LogP contribution in [0.5, 0.6) is 0 Å². The molecule has 2 saturated heterocycles. The zero-order valence-electron chi connectivity index (χ0n) is 16.8. The number of para-hydroxylation sites is 1. The first-order chi connectivity index (χ1) is 14.4. The molecule has 1 unspecified atom stereocenters. The number of benzene rings is 2. The SMILES string of the molecule is O=C(C(c1ccccc1)N1CCS(=O)(=O)CC1)N1CCN(c2ccccc2Cl)CC1. The summed E-state index contributed by atoms with van der Waals surface area (Å²) >= 11 is 6.33. The van der Waals surface area contributed by atoms with Gasteiger partial charge in [-0.15, -0.1) is 0 Å². The summed E-state index contributed by atoms with van der Waals surface area (Å²) in [7, 11) is -3.01. The number of carbonyl (C=O) groups excluding carboxylic acids is 1. The Morgan fingerprint density at radius 2 is 1.43 bits per heavy atom. The summed E-state index contributed by atoms with van der Waals surface area (Å²) in [5.41, 5.74) is 1.91. The first kappa shape index (κ1) is 21.2. The monoisotopic (exact) mass is 447 g/mol. The van der Waals surface area contributed by atoms with Crippen molar-refractivity contribution in [3.8, 4) is 0 Å². The van der Waals surface area contributed by atoms with E-state index in [0.29, 0.717) is 44.3 Å². The molecule has 8 heteroatoms. The first-order valence-corrected chi connectivity index (χ1v) is 12.4. The van der Waals surface area contributed by atoms with E-state index in [1.807, 2.05) is 64.4 Å². The molecule has 1 atom stereocenters. The van der Waals surface area contributed by atoms with Gasteiger partial charge in [-0.1, -0.05) is 54.1 Å². The Kier molecular flexibility index (Phi) is 6.32. The summed E-state index contributed by atoms with van der Waals surface area (Å²) in [6.07, 6.45) is 0. The Morgan fingerprint density at radius 1 is 0.833 bits per heavy atom. The van der Waals surface area contributed by atoms with E-state index in [9.17, 15) is 13.2 Å². The van der Waals surface area contributed by atoms with E-state index in [1.54, 1.807) is 0 Å². The summed E-state index contributed by atoms with van der Waals surface area (Å²) < 4.78 is 23.8. The number of amides is 1. The lowest BCUT2D eigenvalue weighted by atomic mass is 10.0. The number of nitrogens with zero attached hydrogens (tertiary/aromatic N) is 3. The second-order valence-electron chi connectivity index (χ2n) is 7.76. The molecule has 160 valence electrons. The van der Waals surface area contributed by atoms with Gasteiger partial charge in [0.25, 0.3) is 0 Å². The highest BCUT2D eigenvalue weighted by molar-refractivity contribution is 7.91. The van der Waals surface area contributed by atoms with Crippen LogP contribution in [0.25, 0.3) is 0 Å². The summed E-state index contributed by atoms with van der Waals surface area (Å²) in [4.78, 5) is 19.7. The van der Waals surface area contributed by atoms with Crippen LogP contribution in [0.1, 0.15) is 11.6 Å². The minimum atomic E-state index is -3.01. The largest absolute Gasteiger partial charge is 0.367 e. The van der Waals surface area contributed by atoms with Crippen LogP contribution in [0.4, 0.5) is 5.69 Å². The van der Waals surface area contributed by atoms with Crippen LogP contribution < -0.4 is 4.90 Å². The van der Waals surface area contributed by atoms with Gasteiger partial charge in [0.15, 0.2) is 9.84 Å². The van der Waals surface area contributed by atoms with Crippen molar-refractivity contribution in [2.24, 2.45) is 0 Å². The topological polar surface area (TPSA) is 60.9 Å². The molecule has 0 radical (unpaired) electrons. The highest BCUT2D eigenvalue weighted by atomic mass is 35.5. The number of piperazine rings is 1. The number of halogens is 1. The molecule has 0 N–H and O–H groups in total. The van der Waals surface area contributed by atoms with Crippen LogP contribution in [-0.4, -0.2) is 74.9 Å². The van der Waals surface area contributed by atoms with E-state index in [0.717, 1.165) is 11.3 Å². The second kappa shape index (κ2) is 8.96. The third-order valence-electron chi connectivity index (χ3n) is 5.88.